The van der Waals surface area contributed by atoms with Gasteiger partial charge in [0.15, 0.2) is 0 Å². The van der Waals surface area contributed by atoms with Crippen LogP contribution < -0.4 is 18.9 Å². The number of rotatable bonds is 34. The monoisotopic (exact) mass is 1810 g/mol. The van der Waals surface area contributed by atoms with Gasteiger partial charge in [0.25, 0.3) is 23.6 Å². The van der Waals surface area contributed by atoms with E-state index in [4.69, 9.17) is 42.1 Å². The van der Waals surface area contributed by atoms with E-state index in [2.05, 4.69) is 41.2 Å². The molecule has 0 unspecified atom stereocenters. The molecule has 0 radical (unpaired) electrons. The number of β-amino-alcohol motifs (C(OH)–C–C–N with tert-alkyl or cyclic N) is 4. The Morgan fingerprint density at radius 2 is 0.586 bits per heavy atom. The fourth-order valence-electron chi connectivity index (χ4n) is 18.5. The summed E-state index contributed by atoms with van der Waals surface area (Å²) in [6.07, 6.45) is -7.95. The SMILES string of the molecule is O=C1c2cc(Cl)c3c4c(Oc5ccc(OCc6cn(CCCN7C[C@H](O)[C@@H](O)[C@H](O)[C@H]7CO)nn6)cc5)cc5c6c(cc(Oc7ccc(OCc8cn(CCCN9C[C@H](O)[C@@H](O)[C@H](O)[C@H]9CO)nn8)cc7)c(c7c(Cl)cc(c2c37)C(=O)N1Cc1cn(CCCN2C[C@H](O)[C@@H](O)[C@H](O)[C@H]2CO)nn1)c64)C(=O)N(Cc1cn(CCCN2C[C@H](O)[C@@H](O)[C@H](O)[C@H]2CO)nn1)C5=O. The van der Waals surface area contributed by atoms with E-state index in [1.165, 1.54) is 33.6 Å². The Labute approximate surface area is 737 Å². The number of hydrogen-bond acceptors (Lipinski definition) is 36. The molecule has 680 valence electrons. The topological polar surface area (TPSA) is 571 Å². The van der Waals surface area contributed by atoms with Crippen LogP contribution in [0, 0.1) is 0 Å². The maximum atomic E-state index is 15.8. The molecular formula is C84H96Cl2N18O24. The number of halogens is 2. The summed E-state index contributed by atoms with van der Waals surface area (Å²) in [7, 11) is 0. The highest BCUT2D eigenvalue weighted by atomic mass is 35.5. The molecule has 16 atom stereocenters. The zero-order valence-corrected chi connectivity index (χ0v) is 70.2. The molecule has 42 nitrogen and oxygen atoms in total. The third-order valence-electron chi connectivity index (χ3n) is 25.1. The van der Waals surface area contributed by atoms with Gasteiger partial charge in [-0.3, -0.25) is 67.3 Å². The van der Waals surface area contributed by atoms with E-state index in [0.717, 1.165) is 9.80 Å². The van der Waals surface area contributed by atoms with Crippen molar-refractivity contribution >= 4 is 89.9 Å². The van der Waals surface area contributed by atoms with Crippen LogP contribution in [0.25, 0.3) is 43.1 Å². The van der Waals surface area contributed by atoms with Gasteiger partial charge in [-0.25, -0.2) is 0 Å². The lowest BCUT2D eigenvalue weighted by Gasteiger charge is -2.43. The van der Waals surface area contributed by atoms with Gasteiger partial charge < -0.3 is 101 Å². The zero-order valence-electron chi connectivity index (χ0n) is 68.7. The standard InChI is InChI=1S/C84H96Cl2N18O24/c85-53-21-49-65-50(82(122)103(81(49)121)29-41-25-99(91-87-41)17-1-13-95-31-59(109)77(117)73(113)55(95)35-105)22-54(86)68-70-64(128-48-11-7-46(8-12-48)126-40-44-28-102(94-90-44)20-4-16-98-34-62(112)80(120)76(116)58(98)38-108)24-52-66-51(83(123)104(84(52)124)30-42-26-100(92-88-42)18-2-14-96-32-60(110)78(118)74(114)56(96)36-106)23-63(69(72(66)70)67(53)71(65)68)127-47-9-5-45(6-10-47)125-39-43-27-101(93-89-43)19-3-15-97-33-61(111)79(119)75(115)57(97)37-107/h5-12,21-28,55-62,73-80,105-120H,1-4,13-20,29-40H2/t55-,56-,57-,58-,59+,60+,61+,62+,73-,74-,75-,76-,77-,78-,79-,80-/m1/s1. The van der Waals surface area contributed by atoms with E-state index in [-0.39, 0.29) is 182 Å². The summed E-state index contributed by atoms with van der Waals surface area (Å²) in [5, 5.41) is 201. The number of benzene rings is 7. The minimum atomic E-state index is -1.45. The van der Waals surface area contributed by atoms with Gasteiger partial charge in [0.1, 0.15) is 119 Å². The molecule has 4 saturated heterocycles. The third kappa shape index (κ3) is 17.4. The number of aliphatic hydroxyl groups is 16. The summed E-state index contributed by atoms with van der Waals surface area (Å²) in [5.41, 5.74) is 1.14. The quantitative estimate of drug-likeness (QED) is 0.0122. The molecule has 10 heterocycles. The van der Waals surface area contributed by atoms with Gasteiger partial charge >= 0.3 is 0 Å². The molecule has 16 N–H and O–H groups in total. The van der Waals surface area contributed by atoms with Crippen molar-refractivity contribution in [1.82, 2.24) is 89.4 Å². The number of aromatic nitrogens is 12. The smallest absolute Gasteiger partial charge is 0.261 e. The van der Waals surface area contributed by atoms with Crippen LogP contribution in [0.4, 0.5) is 0 Å². The van der Waals surface area contributed by atoms with E-state index in [1.54, 1.807) is 102 Å². The molecule has 7 aromatic carbocycles. The Morgan fingerprint density at radius 3 is 0.883 bits per heavy atom. The maximum Gasteiger partial charge on any atom is 0.261 e. The lowest BCUT2D eigenvalue weighted by molar-refractivity contribution is -0.145. The van der Waals surface area contributed by atoms with Crippen LogP contribution in [0.1, 0.15) is 89.9 Å². The van der Waals surface area contributed by atoms with Crippen molar-refractivity contribution in [3.63, 3.8) is 0 Å². The van der Waals surface area contributed by atoms with Crippen LogP contribution in [0.2, 0.25) is 10.0 Å². The number of carbonyl (C=O) groups is 4. The van der Waals surface area contributed by atoms with Crippen molar-refractivity contribution in [3.8, 4) is 34.5 Å². The number of ether oxygens (including phenoxy) is 4. The van der Waals surface area contributed by atoms with Crippen molar-refractivity contribution < 1.29 is 120 Å². The van der Waals surface area contributed by atoms with Gasteiger partial charge in [-0.1, -0.05) is 44.1 Å². The summed E-state index contributed by atoms with van der Waals surface area (Å²) in [5.74, 6) is -2.17. The van der Waals surface area contributed by atoms with E-state index in [0.29, 0.717) is 74.7 Å². The molecule has 6 aliphatic rings. The molecule has 17 rings (SSSR count). The van der Waals surface area contributed by atoms with Gasteiger partial charge in [0.05, 0.1) is 145 Å². The van der Waals surface area contributed by atoms with Gasteiger partial charge in [-0.2, -0.15) is 0 Å². The minimum absolute atomic E-state index is 0.0107. The summed E-state index contributed by atoms with van der Waals surface area (Å²) in [4.78, 5) is 71.3. The number of fused-ring (bicyclic) bond motifs is 2. The molecule has 4 fully saturated rings. The third-order valence-corrected chi connectivity index (χ3v) is 25.7. The highest BCUT2D eigenvalue weighted by Gasteiger charge is 2.47. The van der Waals surface area contributed by atoms with Crippen LogP contribution in [0.3, 0.4) is 0 Å². The van der Waals surface area contributed by atoms with Gasteiger partial charge in [0.2, 0.25) is 0 Å². The Morgan fingerprint density at radius 1 is 0.320 bits per heavy atom. The van der Waals surface area contributed by atoms with Crippen LogP contribution >= 0.6 is 23.2 Å². The molecule has 4 aromatic heterocycles. The summed E-state index contributed by atoms with van der Waals surface area (Å²) in [6.45, 7) is -0.235. The number of piperidine rings is 4. The van der Waals surface area contributed by atoms with E-state index >= 15 is 19.2 Å². The van der Waals surface area contributed by atoms with E-state index < -0.39 is 154 Å². The van der Waals surface area contributed by atoms with Crippen LogP contribution in [-0.4, -0.2) is 371 Å². The molecule has 0 bridgehead atoms. The Kier molecular flexibility index (Phi) is 26.3. The number of aryl methyl sites for hydroxylation is 4. The molecule has 0 saturated carbocycles. The zero-order chi connectivity index (χ0) is 89.9. The van der Waals surface area contributed by atoms with Crippen LogP contribution in [0.5, 0.6) is 34.5 Å². The van der Waals surface area contributed by atoms with Crippen molar-refractivity contribution in [2.75, 3.05) is 78.8 Å². The van der Waals surface area contributed by atoms with E-state index in [9.17, 15) is 81.7 Å². The summed E-state index contributed by atoms with van der Waals surface area (Å²) < 4.78 is 32.7. The van der Waals surface area contributed by atoms with Crippen molar-refractivity contribution in [3.05, 3.63) is 153 Å². The Bertz CT molecular complexity index is 5630. The molecule has 128 heavy (non-hydrogen) atoms. The number of nitrogens with zero attached hydrogens (tertiary/aromatic N) is 18. The van der Waals surface area contributed by atoms with Crippen molar-refractivity contribution in [2.45, 2.75) is 176 Å². The second kappa shape index (κ2) is 37.6. The number of carbonyl (C=O) groups excluding carboxylic acids is 4. The highest BCUT2D eigenvalue weighted by Crippen LogP contribution is 2.56. The average molecular weight is 1810 g/mol. The number of hydrogen-bond donors (Lipinski definition) is 16. The fourth-order valence-corrected chi connectivity index (χ4v) is 19.1. The number of amides is 4. The molecule has 0 aliphatic carbocycles. The Hall–Kier alpha value is -10.3. The van der Waals surface area contributed by atoms with Gasteiger partial charge in [0, 0.05) is 122 Å². The Balaban J connectivity index is 0.711. The lowest BCUT2D eigenvalue weighted by atomic mass is 9.81. The molecule has 44 heteroatoms. The summed E-state index contributed by atoms with van der Waals surface area (Å²) in [6, 6.07) is 15.4. The average Bonchev–Trinajstić information content (AvgIpc) is 0.681. The fraction of sp³-hybridized carbons (Fsp3) is 0.476. The first-order valence-electron chi connectivity index (χ1n) is 42.0. The largest absolute Gasteiger partial charge is 0.487 e. The first-order valence-corrected chi connectivity index (χ1v) is 42.8. The first-order chi connectivity index (χ1) is 61.7. The highest BCUT2D eigenvalue weighted by molar-refractivity contribution is 6.52. The van der Waals surface area contributed by atoms with Crippen molar-refractivity contribution in [1.29, 1.82) is 0 Å². The number of imide groups is 2. The van der Waals surface area contributed by atoms with Crippen LogP contribution in [0.15, 0.2) is 97.6 Å². The maximum absolute atomic E-state index is 15.8. The first kappa shape index (κ1) is 89.6. The second-order valence-corrected chi connectivity index (χ2v) is 34.1. The van der Waals surface area contributed by atoms with Crippen LogP contribution in [-0.2, 0) is 52.5 Å². The minimum Gasteiger partial charge on any atom is -0.487 e. The predicted octanol–water partition coefficient (Wildman–Crippen LogP) is -1.66. The lowest BCUT2D eigenvalue weighted by Crippen LogP contribution is -2.62. The van der Waals surface area contributed by atoms with Gasteiger partial charge in [-0.15, -0.1) is 20.4 Å². The molecule has 6 aliphatic heterocycles. The molecular weight excluding hydrogens is 1720 g/mol. The normalized spacial score (nSPS) is 25.7. The summed E-state index contributed by atoms with van der Waals surface area (Å²) >= 11 is 15.5. The number of aliphatic hydroxyl groups excluding tert-OH is 16. The van der Waals surface area contributed by atoms with Crippen molar-refractivity contribution in [2.24, 2.45) is 0 Å². The molecule has 4 amide bonds. The molecule has 0 spiro atoms. The predicted molar refractivity (Wildman–Crippen MR) is 448 cm³/mol. The van der Waals surface area contributed by atoms with Gasteiger partial charge in [-0.05, 0) is 98.5 Å². The number of likely N-dealkylation sites (tertiary alicyclic amines) is 4. The van der Waals surface area contributed by atoms with E-state index in [1.807, 2.05) is 0 Å². The molecule has 11 aromatic rings. The second-order valence-electron chi connectivity index (χ2n) is 33.3.